The summed E-state index contributed by atoms with van der Waals surface area (Å²) in [5, 5.41) is 10.4. The van der Waals surface area contributed by atoms with Gasteiger partial charge in [-0.1, -0.05) is 23.2 Å². The zero-order valence-corrected chi connectivity index (χ0v) is 18.7. The molecule has 30 heavy (non-hydrogen) atoms. The van der Waals surface area contributed by atoms with Gasteiger partial charge in [-0.2, -0.15) is 0 Å². The maximum absolute atomic E-state index is 13.1. The van der Waals surface area contributed by atoms with Crippen LogP contribution in [0.5, 0.6) is 0 Å². The molecule has 0 unspecified atom stereocenters. The van der Waals surface area contributed by atoms with Gasteiger partial charge in [0.15, 0.2) is 0 Å². The van der Waals surface area contributed by atoms with E-state index in [9.17, 15) is 18.3 Å². The van der Waals surface area contributed by atoms with Crippen LogP contribution in [0.2, 0.25) is 10.0 Å². The second kappa shape index (κ2) is 8.22. The van der Waals surface area contributed by atoms with Crippen LogP contribution in [0.25, 0.3) is 10.1 Å². The van der Waals surface area contributed by atoms with Crippen LogP contribution in [0.15, 0.2) is 45.6 Å². The van der Waals surface area contributed by atoms with Crippen LogP contribution in [-0.2, 0) is 9.84 Å². The molecule has 1 aliphatic heterocycles. The first-order valence-corrected chi connectivity index (χ1v) is 12.1. The van der Waals surface area contributed by atoms with Gasteiger partial charge in [0.1, 0.15) is 10.0 Å². The summed E-state index contributed by atoms with van der Waals surface area (Å²) in [6.07, 6.45) is 1.38. The molecule has 4 rings (SSSR count). The summed E-state index contributed by atoms with van der Waals surface area (Å²) >= 11 is 13.1. The average molecular weight is 486 g/mol. The van der Waals surface area contributed by atoms with E-state index in [4.69, 9.17) is 23.2 Å². The standard InChI is InChI=1S/C19H17Cl2N3O4S2/c20-14-3-2-12(10-15(14)21)30(27,28)17-11-13-16(29-17)4-5-22-18(13)23-6-1-7-24(9-8-23)19(25)26/h2-5,10-11H,1,6-9H2,(H,25,26). The highest BCUT2D eigenvalue weighted by Gasteiger charge is 2.25. The molecule has 2 aromatic heterocycles. The Morgan fingerprint density at radius 2 is 1.87 bits per heavy atom. The van der Waals surface area contributed by atoms with E-state index in [1.54, 1.807) is 18.3 Å². The van der Waals surface area contributed by atoms with Crippen molar-refractivity contribution in [2.75, 3.05) is 31.1 Å². The highest BCUT2D eigenvalue weighted by Crippen LogP contribution is 2.37. The normalized spacial score (nSPS) is 15.4. The summed E-state index contributed by atoms with van der Waals surface area (Å²) in [5.41, 5.74) is 0. The number of sulfone groups is 1. The number of rotatable bonds is 3. The molecule has 1 aliphatic rings. The molecule has 7 nitrogen and oxygen atoms in total. The Morgan fingerprint density at radius 1 is 1.07 bits per heavy atom. The molecule has 0 aliphatic carbocycles. The third kappa shape index (κ3) is 3.94. The number of nitrogens with zero attached hydrogens (tertiary/aromatic N) is 3. The van der Waals surface area contributed by atoms with E-state index < -0.39 is 15.9 Å². The number of carboxylic acid groups (broad SMARTS) is 1. The highest BCUT2D eigenvalue weighted by molar-refractivity contribution is 7.93. The number of hydrogen-bond donors (Lipinski definition) is 1. The van der Waals surface area contributed by atoms with Crippen LogP contribution in [0.4, 0.5) is 10.6 Å². The van der Waals surface area contributed by atoms with Crippen LogP contribution in [0, 0.1) is 0 Å². The predicted octanol–water partition coefficient (Wildman–Crippen LogP) is 4.63. The fourth-order valence-electron chi connectivity index (χ4n) is 3.39. The molecule has 0 atom stereocenters. The molecule has 3 heterocycles. The van der Waals surface area contributed by atoms with E-state index in [2.05, 4.69) is 4.98 Å². The Balaban J connectivity index is 1.72. The van der Waals surface area contributed by atoms with Crippen LogP contribution in [0.3, 0.4) is 0 Å². The molecule has 1 fully saturated rings. The molecule has 1 saturated heterocycles. The van der Waals surface area contributed by atoms with Crippen LogP contribution < -0.4 is 4.90 Å². The topological polar surface area (TPSA) is 90.8 Å². The van der Waals surface area contributed by atoms with Gasteiger partial charge in [-0.05, 0) is 36.8 Å². The summed E-state index contributed by atoms with van der Waals surface area (Å²) in [6, 6.07) is 7.64. The minimum atomic E-state index is -3.77. The first kappa shape index (κ1) is 21.2. The van der Waals surface area contributed by atoms with Crippen molar-refractivity contribution in [2.45, 2.75) is 15.5 Å². The van der Waals surface area contributed by atoms with E-state index in [1.807, 2.05) is 4.90 Å². The van der Waals surface area contributed by atoms with Crippen molar-refractivity contribution in [1.29, 1.82) is 0 Å². The van der Waals surface area contributed by atoms with Gasteiger partial charge < -0.3 is 14.9 Å². The van der Waals surface area contributed by atoms with Gasteiger partial charge in [0.05, 0.1) is 14.9 Å². The molecule has 158 valence electrons. The molecule has 0 spiro atoms. The first-order chi connectivity index (χ1) is 14.3. The number of amides is 1. The largest absolute Gasteiger partial charge is 0.465 e. The van der Waals surface area contributed by atoms with E-state index in [1.165, 1.54) is 23.1 Å². The van der Waals surface area contributed by atoms with Crippen LogP contribution in [0.1, 0.15) is 6.42 Å². The fraction of sp³-hybridized carbons (Fsp3) is 0.263. The zero-order valence-electron chi connectivity index (χ0n) is 15.6. The first-order valence-electron chi connectivity index (χ1n) is 9.09. The summed E-state index contributed by atoms with van der Waals surface area (Å²) in [7, 11) is -3.77. The van der Waals surface area contributed by atoms with Crippen molar-refractivity contribution in [1.82, 2.24) is 9.88 Å². The summed E-state index contributed by atoms with van der Waals surface area (Å²) in [4.78, 5) is 19.2. The average Bonchev–Trinajstić information content (AvgIpc) is 3.01. The molecule has 1 amide bonds. The number of thiophene rings is 1. The lowest BCUT2D eigenvalue weighted by molar-refractivity contribution is 0.148. The summed E-state index contributed by atoms with van der Waals surface area (Å²) in [5.74, 6) is 0.659. The third-order valence-electron chi connectivity index (χ3n) is 4.93. The molecule has 0 radical (unpaired) electrons. The van der Waals surface area contributed by atoms with Gasteiger partial charge in [-0.25, -0.2) is 18.2 Å². The van der Waals surface area contributed by atoms with Crippen molar-refractivity contribution in [3.8, 4) is 0 Å². The quantitative estimate of drug-likeness (QED) is 0.581. The lowest BCUT2D eigenvalue weighted by Crippen LogP contribution is -2.34. The Hall–Kier alpha value is -2.07. The highest BCUT2D eigenvalue weighted by atomic mass is 35.5. The number of anilines is 1. The maximum atomic E-state index is 13.1. The van der Waals surface area contributed by atoms with Gasteiger partial charge in [-0.3, -0.25) is 0 Å². The SMILES string of the molecule is O=C(O)N1CCCN(c2nccc3sc(S(=O)(=O)c4ccc(Cl)c(Cl)c4)cc23)CC1. The molecule has 1 N–H and O–H groups in total. The zero-order chi connectivity index (χ0) is 21.5. The smallest absolute Gasteiger partial charge is 0.407 e. The summed E-state index contributed by atoms with van der Waals surface area (Å²) < 4.78 is 27.2. The van der Waals surface area contributed by atoms with Crippen LogP contribution >= 0.6 is 34.5 Å². The third-order valence-corrected chi connectivity index (χ3v) is 9.00. The monoisotopic (exact) mass is 485 g/mol. The number of fused-ring (bicyclic) bond motifs is 1. The number of carbonyl (C=O) groups is 1. The van der Waals surface area contributed by atoms with Crippen LogP contribution in [-0.4, -0.2) is 55.7 Å². The van der Waals surface area contributed by atoms with E-state index in [0.29, 0.717) is 38.4 Å². The molecule has 0 bridgehead atoms. The van der Waals surface area contributed by atoms with Gasteiger partial charge in [0.2, 0.25) is 9.84 Å². The second-order valence-corrected chi connectivity index (χ2v) is 10.9. The Bertz CT molecular complexity index is 1230. The minimum absolute atomic E-state index is 0.0739. The molecule has 3 aromatic rings. The van der Waals surface area contributed by atoms with Crippen molar-refractivity contribution in [3.05, 3.63) is 46.6 Å². The Kier molecular flexibility index (Phi) is 5.80. The number of aromatic nitrogens is 1. The summed E-state index contributed by atoms with van der Waals surface area (Å²) in [6.45, 7) is 1.96. The van der Waals surface area contributed by atoms with E-state index in [0.717, 1.165) is 21.4 Å². The maximum Gasteiger partial charge on any atom is 0.407 e. The molecule has 11 heteroatoms. The van der Waals surface area contributed by atoms with Gasteiger partial charge in [0, 0.05) is 42.5 Å². The Morgan fingerprint density at radius 3 is 2.60 bits per heavy atom. The number of hydrogen-bond acceptors (Lipinski definition) is 6. The predicted molar refractivity (Wildman–Crippen MR) is 118 cm³/mol. The van der Waals surface area contributed by atoms with E-state index in [-0.39, 0.29) is 19.1 Å². The molecular weight excluding hydrogens is 469 g/mol. The number of halogens is 2. The number of pyridine rings is 1. The van der Waals surface area contributed by atoms with Gasteiger partial charge in [0.25, 0.3) is 0 Å². The second-order valence-electron chi connectivity index (χ2n) is 6.80. The lowest BCUT2D eigenvalue weighted by atomic mass is 10.3. The van der Waals surface area contributed by atoms with Crippen molar-refractivity contribution >= 4 is 66.4 Å². The minimum Gasteiger partial charge on any atom is -0.465 e. The van der Waals surface area contributed by atoms with Crippen molar-refractivity contribution in [2.24, 2.45) is 0 Å². The Labute approximate surface area is 187 Å². The van der Waals surface area contributed by atoms with Crippen molar-refractivity contribution < 1.29 is 18.3 Å². The molecular formula is C19H17Cl2N3O4S2. The number of benzene rings is 1. The fourth-order valence-corrected chi connectivity index (χ4v) is 6.56. The molecule has 1 aromatic carbocycles. The van der Waals surface area contributed by atoms with E-state index >= 15 is 0 Å². The van der Waals surface area contributed by atoms with Gasteiger partial charge in [-0.15, -0.1) is 11.3 Å². The lowest BCUT2D eigenvalue weighted by Gasteiger charge is -2.22. The van der Waals surface area contributed by atoms with Gasteiger partial charge >= 0.3 is 6.09 Å². The molecule has 0 saturated carbocycles. The van der Waals surface area contributed by atoms with Crippen molar-refractivity contribution in [3.63, 3.8) is 0 Å².